The van der Waals surface area contributed by atoms with Gasteiger partial charge in [-0.05, 0) is 59.7 Å². The number of nitrogens with zero attached hydrogens (tertiary/aromatic N) is 2. The highest BCUT2D eigenvalue weighted by Crippen LogP contribution is 2.40. The number of anilines is 2. The molecule has 3 N–H and O–H groups in total. The number of benzene rings is 3. The molecule has 5 rings (SSSR count). The first-order chi connectivity index (χ1) is 21.9. The van der Waals surface area contributed by atoms with Gasteiger partial charge in [0.05, 0.1) is 28.7 Å². The molecule has 242 valence electrons. The number of carbonyl (C=O) groups excluding carboxylic acids is 2. The highest BCUT2D eigenvalue weighted by Gasteiger charge is 2.35. The van der Waals surface area contributed by atoms with Crippen LogP contribution in [0.15, 0.2) is 60.7 Å². The van der Waals surface area contributed by atoms with Crippen molar-refractivity contribution in [3.05, 3.63) is 88.7 Å². The van der Waals surface area contributed by atoms with E-state index >= 15 is 0 Å². The molecule has 0 saturated heterocycles. The fraction of sp³-hybridized carbons (Fsp3) is 0.333. The summed E-state index contributed by atoms with van der Waals surface area (Å²) >= 11 is 0.604. The van der Waals surface area contributed by atoms with Crippen LogP contribution in [0, 0.1) is 11.7 Å². The van der Waals surface area contributed by atoms with E-state index in [1.807, 2.05) is 24.3 Å². The second kappa shape index (κ2) is 13.9. The molecule has 1 aliphatic rings. The summed E-state index contributed by atoms with van der Waals surface area (Å²) in [4.78, 5) is 42.3. The lowest BCUT2D eigenvalue weighted by atomic mass is 9.76. The van der Waals surface area contributed by atoms with Gasteiger partial charge in [-0.15, -0.1) is 0 Å². The highest BCUT2D eigenvalue weighted by molar-refractivity contribution is 7.22. The summed E-state index contributed by atoms with van der Waals surface area (Å²) < 4.78 is 54.5. The van der Waals surface area contributed by atoms with Gasteiger partial charge in [-0.1, -0.05) is 61.8 Å². The predicted octanol–water partition coefficient (Wildman–Crippen LogP) is 8.19. The Balaban J connectivity index is 1.40. The lowest BCUT2D eigenvalue weighted by Crippen LogP contribution is -2.34. The molecule has 3 amide bonds. The molecule has 2 atom stereocenters. The van der Waals surface area contributed by atoms with Crippen molar-refractivity contribution in [2.45, 2.75) is 57.7 Å². The second-order valence-corrected chi connectivity index (χ2v) is 12.4. The van der Waals surface area contributed by atoms with E-state index in [2.05, 4.69) is 22.5 Å². The minimum atomic E-state index is -4.81. The van der Waals surface area contributed by atoms with Gasteiger partial charge in [0.25, 0.3) is 5.91 Å². The molecular formula is C33H32F4N4O4S. The molecule has 3 aromatic carbocycles. The number of halogens is 4. The van der Waals surface area contributed by atoms with Crippen LogP contribution in [0.4, 0.5) is 33.2 Å². The first kappa shape index (κ1) is 32.9. The van der Waals surface area contributed by atoms with E-state index in [-0.39, 0.29) is 34.9 Å². The molecule has 13 heteroatoms. The molecule has 1 aromatic heterocycles. The van der Waals surface area contributed by atoms with E-state index in [9.17, 15) is 31.9 Å². The Labute approximate surface area is 266 Å². The van der Waals surface area contributed by atoms with Crippen LogP contribution in [0.2, 0.25) is 0 Å². The standard InChI is InChI=1S/C33H32F4N4O4S/c1-19-4-2-3-5-25(19)21-10-12-24(13-11-21)41(18-20-6-8-22(9-7-20)30(44)38-15-14-28(42)43)32(45)40-31-39-27-17-23(34)16-26(29(27)46-31)33(35,36)37/h6-13,16-17,19,25H,2-5,14-15,18H2,1H3,(H,38,44)(H,42,43)(H,39,40,45). The lowest BCUT2D eigenvalue weighted by molar-refractivity contribution is -0.137. The zero-order valence-electron chi connectivity index (χ0n) is 24.9. The Morgan fingerprint density at radius 3 is 2.37 bits per heavy atom. The van der Waals surface area contributed by atoms with Crippen LogP contribution in [0.3, 0.4) is 0 Å². The molecule has 0 radical (unpaired) electrons. The number of carboxylic acid groups (broad SMARTS) is 1. The van der Waals surface area contributed by atoms with Crippen molar-refractivity contribution < 1.29 is 37.1 Å². The van der Waals surface area contributed by atoms with Crippen LogP contribution in [0.5, 0.6) is 0 Å². The SMILES string of the molecule is CC1CCCCC1c1ccc(N(Cc2ccc(C(=O)NCCC(=O)O)cc2)C(=O)Nc2nc3cc(F)cc(C(F)(F)F)c3s2)cc1. The summed E-state index contributed by atoms with van der Waals surface area (Å²) in [6.07, 6.45) is -0.434. The Bertz CT molecular complexity index is 1720. The van der Waals surface area contributed by atoms with Crippen molar-refractivity contribution >= 4 is 50.3 Å². The van der Waals surface area contributed by atoms with Crippen LogP contribution >= 0.6 is 11.3 Å². The quantitative estimate of drug-likeness (QED) is 0.157. The summed E-state index contributed by atoms with van der Waals surface area (Å²) in [5.41, 5.74) is 1.26. The van der Waals surface area contributed by atoms with Crippen molar-refractivity contribution in [1.29, 1.82) is 0 Å². The number of aliphatic carboxylic acids is 1. The number of rotatable bonds is 9. The van der Waals surface area contributed by atoms with Crippen molar-refractivity contribution in [2.24, 2.45) is 5.92 Å². The van der Waals surface area contributed by atoms with Gasteiger partial charge in [0.2, 0.25) is 0 Å². The molecule has 8 nitrogen and oxygen atoms in total. The monoisotopic (exact) mass is 656 g/mol. The summed E-state index contributed by atoms with van der Waals surface area (Å²) in [6.45, 7) is 2.25. The fourth-order valence-electron chi connectivity index (χ4n) is 5.74. The molecule has 4 aromatic rings. The third-order valence-electron chi connectivity index (χ3n) is 8.14. The molecular weight excluding hydrogens is 624 g/mol. The molecule has 2 unspecified atom stereocenters. The Kier molecular flexibility index (Phi) is 9.90. The fourth-order valence-corrected chi connectivity index (χ4v) is 6.71. The summed E-state index contributed by atoms with van der Waals surface area (Å²) in [5, 5.41) is 13.8. The van der Waals surface area contributed by atoms with Crippen LogP contribution in [0.1, 0.15) is 72.0 Å². The van der Waals surface area contributed by atoms with Crippen LogP contribution < -0.4 is 15.5 Å². The second-order valence-electron chi connectivity index (χ2n) is 11.4. The molecule has 0 spiro atoms. The summed E-state index contributed by atoms with van der Waals surface area (Å²) in [5.74, 6) is -1.62. The number of carboxylic acids is 1. The average molecular weight is 657 g/mol. The summed E-state index contributed by atoms with van der Waals surface area (Å²) in [7, 11) is 0. The third-order valence-corrected chi connectivity index (χ3v) is 9.16. The Morgan fingerprint density at radius 2 is 1.72 bits per heavy atom. The molecule has 1 heterocycles. The number of alkyl halides is 3. The number of aromatic nitrogens is 1. The largest absolute Gasteiger partial charge is 0.481 e. The first-order valence-electron chi connectivity index (χ1n) is 14.8. The minimum absolute atomic E-state index is 0.0254. The molecule has 1 aliphatic carbocycles. The van der Waals surface area contributed by atoms with Crippen LogP contribution in [0.25, 0.3) is 10.2 Å². The van der Waals surface area contributed by atoms with E-state index in [4.69, 9.17) is 5.11 Å². The lowest BCUT2D eigenvalue weighted by Gasteiger charge is -2.30. The van der Waals surface area contributed by atoms with Gasteiger partial charge in [-0.3, -0.25) is 19.8 Å². The smallest absolute Gasteiger partial charge is 0.417 e. The maximum atomic E-state index is 14.0. The van der Waals surface area contributed by atoms with E-state index in [0.717, 1.165) is 25.3 Å². The number of amides is 3. The maximum Gasteiger partial charge on any atom is 0.417 e. The van der Waals surface area contributed by atoms with Gasteiger partial charge in [0.1, 0.15) is 5.82 Å². The van der Waals surface area contributed by atoms with Crippen molar-refractivity contribution in [3.8, 4) is 0 Å². The number of carbonyl (C=O) groups is 3. The van der Waals surface area contributed by atoms with Crippen LogP contribution in [-0.4, -0.2) is 34.5 Å². The zero-order valence-corrected chi connectivity index (χ0v) is 25.7. The average Bonchev–Trinajstić information content (AvgIpc) is 3.41. The minimum Gasteiger partial charge on any atom is -0.481 e. The number of fused-ring (bicyclic) bond motifs is 1. The summed E-state index contributed by atoms with van der Waals surface area (Å²) in [6, 6.07) is 14.7. The van der Waals surface area contributed by atoms with E-state index in [1.165, 1.54) is 16.9 Å². The third kappa shape index (κ3) is 7.82. The highest BCUT2D eigenvalue weighted by atomic mass is 32.1. The molecule has 0 aliphatic heterocycles. The molecule has 0 bridgehead atoms. The van der Waals surface area contributed by atoms with Crippen molar-refractivity contribution in [2.75, 3.05) is 16.8 Å². The van der Waals surface area contributed by atoms with Gasteiger partial charge in [-0.2, -0.15) is 13.2 Å². The zero-order chi connectivity index (χ0) is 33.0. The Morgan fingerprint density at radius 1 is 1.02 bits per heavy atom. The first-order valence-corrected chi connectivity index (χ1v) is 15.7. The van der Waals surface area contributed by atoms with Gasteiger partial charge in [0, 0.05) is 23.9 Å². The molecule has 1 fully saturated rings. The molecule has 1 saturated carbocycles. The van der Waals surface area contributed by atoms with Gasteiger partial charge in [0.15, 0.2) is 5.13 Å². The number of thiazole rings is 1. The number of hydrogen-bond acceptors (Lipinski definition) is 5. The van der Waals surface area contributed by atoms with E-state index in [0.29, 0.717) is 46.1 Å². The molecule has 46 heavy (non-hydrogen) atoms. The number of urea groups is 1. The van der Waals surface area contributed by atoms with Gasteiger partial charge < -0.3 is 10.4 Å². The van der Waals surface area contributed by atoms with Crippen LogP contribution in [-0.2, 0) is 17.5 Å². The van der Waals surface area contributed by atoms with E-state index < -0.39 is 35.5 Å². The van der Waals surface area contributed by atoms with Crippen molar-refractivity contribution in [1.82, 2.24) is 10.3 Å². The normalized spacial score (nSPS) is 16.6. The topological polar surface area (TPSA) is 112 Å². The number of hydrogen-bond donors (Lipinski definition) is 3. The van der Waals surface area contributed by atoms with Gasteiger partial charge in [-0.25, -0.2) is 14.2 Å². The maximum absolute atomic E-state index is 14.0. The van der Waals surface area contributed by atoms with Gasteiger partial charge >= 0.3 is 18.2 Å². The van der Waals surface area contributed by atoms with E-state index in [1.54, 1.807) is 24.3 Å². The number of nitrogens with one attached hydrogen (secondary N) is 2. The van der Waals surface area contributed by atoms with Crippen molar-refractivity contribution in [3.63, 3.8) is 0 Å². The Hall–Kier alpha value is -4.52. The predicted molar refractivity (Wildman–Crippen MR) is 168 cm³/mol.